The van der Waals surface area contributed by atoms with Gasteiger partial charge in [-0.3, -0.25) is 14.8 Å². The third-order valence-corrected chi connectivity index (χ3v) is 3.02. The van der Waals surface area contributed by atoms with Gasteiger partial charge < -0.3 is 5.32 Å². The molecule has 3 aromatic rings. The predicted octanol–water partition coefficient (Wildman–Crippen LogP) is 2.98. The highest BCUT2D eigenvalue weighted by Crippen LogP contribution is 2.18. The summed E-state index contributed by atoms with van der Waals surface area (Å²) in [5.74, 6) is -0.169. The van der Waals surface area contributed by atoms with E-state index in [9.17, 15) is 4.79 Å². The Bertz CT molecular complexity index is 814. The van der Waals surface area contributed by atoms with Gasteiger partial charge >= 0.3 is 0 Å². The number of aromatic nitrogens is 4. The van der Waals surface area contributed by atoms with Crippen molar-refractivity contribution in [1.29, 1.82) is 0 Å². The first-order valence-corrected chi connectivity index (χ1v) is 6.60. The topological polar surface area (TPSA) is 80.7 Å². The molecule has 0 spiro atoms. The molecule has 0 bridgehead atoms. The van der Waals surface area contributed by atoms with Crippen molar-refractivity contribution in [2.45, 2.75) is 0 Å². The third kappa shape index (κ3) is 2.91. The SMILES string of the molecule is O=C(Nc1cc(Cl)nc(Cl)n1)c1cccc2nccnc12. The first-order chi connectivity index (χ1) is 10.1. The number of benzene rings is 1. The normalized spacial score (nSPS) is 10.6. The van der Waals surface area contributed by atoms with Gasteiger partial charge in [0, 0.05) is 18.5 Å². The second-order valence-electron chi connectivity index (χ2n) is 4.03. The Morgan fingerprint density at radius 3 is 2.71 bits per heavy atom. The molecule has 1 amide bonds. The van der Waals surface area contributed by atoms with Gasteiger partial charge in [0.15, 0.2) is 0 Å². The smallest absolute Gasteiger partial charge is 0.259 e. The molecule has 0 aliphatic heterocycles. The minimum absolute atomic E-state index is 0.0458. The summed E-state index contributed by atoms with van der Waals surface area (Å²) in [4.78, 5) is 28.2. The molecule has 0 saturated heterocycles. The van der Waals surface area contributed by atoms with Gasteiger partial charge in [0.1, 0.15) is 16.5 Å². The number of rotatable bonds is 2. The molecule has 0 fully saturated rings. The number of hydrogen-bond acceptors (Lipinski definition) is 5. The maximum absolute atomic E-state index is 12.3. The van der Waals surface area contributed by atoms with Gasteiger partial charge in [-0.25, -0.2) is 9.97 Å². The molecule has 21 heavy (non-hydrogen) atoms. The van der Waals surface area contributed by atoms with Crippen molar-refractivity contribution < 1.29 is 4.79 Å². The second-order valence-corrected chi connectivity index (χ2v) is 4.75. The molecule has 0 radical (unpaired) electrons. The van der Waals surface area contributed by atoms with Gasteiger partial charge in [0.05, 0.1) is 11.1 Å². The predicted molar refractivity (Wildman–Crippen MR) is 79.5 cm³/mol. The Balaban J connectivity index is 1.97. The van der Waals surface area contributed by atoms with Gasteiger partial charge in [-0.2, -0.15) is 0 Å². The summed E-state index contributed by atoms with van der Waals surface area (Å²) in [7, 11) is 0. The van der Waals surface area contributed by atoms with Gasteiger partial charge in [-0.05, 0) is 23.7 Å². The number of carbonyl (C=O) groups excluding carboxylic acids is 1. The van der Waals surface area contributed by atoms with Gasteiger partial charge in [-0.1, -0.05) is 17.7 Å². The van der Waals surface area contributed by atoms with Gasteiger partial charge in [0.2, 0.25) is 5.28 Å². The van der Waals surface area contributed by atoms with E-state index < -0.39 is 0 Å². The van der Waals surface area contributed by atoms with Crippen LogP contribution < -0.4 is 5.32 Å². The van der Waals surface area contributed by atoms with E-state index in [4.69, 9.17) is 23.2 Å². The zero-order valence-electron chi connectivity index (χ0n) is 10.4. The van der Waals surface area contributed by atoms with Gasteiger partial charge in [-0.15, -0.1) is 0 Å². The number of carbonyl (C=O) groups is 1. The largest absolute Gasteiger partial charge is 0.306 e. The van der Waals surface area contributed by atoms with Gasteiger partial charge in [0.25, 0.3) is 5.91 Å². The molecule has 0 aliphatic rings. The van der Waals surface area contributed by atoms with Crippen molar-refractivity contribution in [2.75, 3.05) is 5.32 Å². The van der Waals surface area contributed by atoms with Crippen LogP contribution in [0.4, 0.5) is 5.82 Å². The highest BCUT2D eigenvalue weighted by molar-refractivity contribution is 6.32. The maximum atomic E-state index is 12.3. The second kappa shape index (κ2) is 5.59. The number of halogens is 2. The van der Waals surface area contributed by atoms with E-state index in [1.807, 2.05) is 0 Å². The van der Waals surface area contributed by atoms with Crippen LogP contribution in [0.5, 0.6) is 0 Å². The molecule has 1 N–H and O–H groups in total. The van der Waals surface area contributed by atoms with E-state index in [1.165, 1.54) is 12.3 Å². The van der Waals surface area contributed by atoms with E-state index >= 15 is 0 Å². The Hall–Kier alpha value is -2.31. The van der Waals surface area contributed by atoms with Crippen molar-refractivity contribution in [3.8, 4) is 0 Å². The highest BCUT2D eigenvalue weighted by atomic mass is 35.5. The lowest BCUT2D eigenvalue weighted by Gasteiger charge is -2.06. The standard InChI is InChI=1S/C13H7Cl2N5O/c14-9-6-10(20-13(15)18-9)19-12(21)7-2-1-3-8-11(7)17-5-4-16-8/h1-6H,(H,18,19,20,21). The fraction of sp³-hybridized carbons (Fsp3) is 0. The summed E-state index contributed by atoms with van der Waals surface area (Å²) >= 11 is 11.5. The summed E-state index contributed by atoms with van der Waals surface area (Å²) in [5.41, 5.74) is 1.51. The Morgan fingerprint density at radius 1 is 1.10 bits per heavy atom. The molecule has 104 valence electrons. The molecule has 0 aliphatic carbocycles. The summed E-state index contributed by atoms with van der Waals surface area (Å²) in [6.45, 7) is 0. The third-order valence-electron chi connectivity index (χ3n) is 2.65. The van der Waals surface area contributed by atoms with Crippen LogP contribution >= 0.6 is 23.2 Å². The number of para-hydroxylation sites is 1. The summed E-state index contributed by atoms with van der Waals surface area (Å²) in [6, 6.07) is 6.56. The first kappa shape index (κ1) is 13.7. The molecule has 2 aromatic heterocycles. The fourth-order valence-electron chi connectivity index (χ4n) is 1.81. The number of amides is 1. The molecule has 1 aromatic carbocycles. The van der Waals surface area contributed by atoms with Crippen LogP contribution in [0, 0.1) is 0 Å². The minimum Gasteiger partial charge on any atom is -0.306 e. The monoisotopic (exact) mass is 319 g/mol. The molecule has 2 heterocycles. The van der Waals surface area contributed by atoms with Crippen LogP contribution in [-0.2, 0) is 0 Å². The molecule has 0 unspecified atom stereocenters. The van der Waals surface area contributed by atoms with E-state index in [1.54, 1.807) is 24.4 Å². The van der Waals surface area contributed by atoms with Crippen molar-refractivity contribution >= 4 is 46.0 Å². The Morgan fingerprint density at radius 2 is 1.90 bits per heavy atom. The molecule has 8 heteroatoms. The van der Waals surface area contributed by atoms with Crippen LogP contribution in [0.1, 0.15) is 10.4 Å². The minimum atomic E-state index is -0.382. The van der Waals surface area contributed by atoms with Crippen molar-refractivity contribution in [1.82, 2.24) is 19.9 Å². The molecule has 0 atom stereocenters. The summed E-state index contributed by atoms with van der Waals surface area (Å²) in [5, 5.41) is 2.70. The lowest BCUT2D eigenvalue weighted by molar-refractivity contribution is 0.102. The van der Waals surface area contributed by atoms with Crippen LogP contribution in [0.15, 0.2) is 36.7 Å². The average molecular weight is 320 g/mol. The van der Waals surface area contributed by atoms with Crippen molar-refractivity contribution in [3.63, 3.8) is 0 Å². The zero-order valence-corrected chi connectivity index (χ0v) is 11.9. The molecule has 0 saturated carbocycles. The fourth-order valence-corrected chi connectivity index (χ4v) is 2.22. The summed E-state index contributed by atoms with van der Waals surface area (Å²) < 4.78 is 0. The Kier molecular flexibility index (Phi) is 3.64. The number of nitrogens with zero attached hydrogens (tertiary/aromatic N) is 4. The van der Waals surface area contributed by atoms with Crippen molar-refractivity contribution in [3.05, 3.63) is 52.7 Å². The van der Waals surface area contributed by atoms with Crippen LogP contribution in [0.25, 0.3) is 11.0 Å². The molecule has 3 rings (SSSR count). The quantitative estimate of drug-likeness (QED) is 0.580. The first-order valence-electron chi connectivity index (χ1n) is 5.84. The molecular formula is C13H7Cl2N5O. The summed E-state index contributed by atoms with van der Waals surface area (Å²) in [6.07, 6.45) is 3.09. The van der Waals surface area contributed by atoms with E-state index in [0.717, 1.165) is 0 Å². The highest BCUT2D eigenvalue weighted by Gasteiger charge is 2.13. The number of nitrogens with one attached hydrogen (secondary N) is 1. The van der Waals surface area contributed by atoms with E-state index in [-0.39, 0.29) is 22.2 Å². The number of hydrogen-bond donors (Lipinski definition) is 1. The zero-order chi connectivity index (χ0) is 14.8. The van der Waals surface area contributed by atoms with Crippen LogP contribution in [0.2, 0.25) is 10.4 Å². The lowest BCUT2D eigenvalue weighted by atomic mass is 10.1. The van der Waals surface area contributed by atoms with Crippen LogP contribution in [-0.4, -0.2) is 25.8 Å². The molecule has 6 nitrogen and oxygen atoms in total. The molecular weight excluding hydrogens is 313 g/mol. The average Bonchev–Trinajstić information content (AvgIpc) is 2.45. The Labute approximate surface area is 129 Å². The van der Waals surface area contributed by atoms with E-state index in [0.29, 0.717) is 16.6 Å². The van der Waals surface area contributed by atoms with Crippen LogP contribution in [0.3, 0.4) is 0 Å². The van der Waals surface area contributed by atoms with E-state index in [2.05, 4.69) is 25.3 Å². The number of fused-ring (bicyclic) bond motifs is 1. The lowest BCUT2D eigenvalue weighted by Crippen LogP contribution is -2.14. The number of anilines is 1. The van der Waals surface area contributed by atoms with Crippen molar-refractivity contribution in [2.24, 2.45) is 0 Å². The maximum Gasteiger partial charge on any atom is 0.259 e.